The minimum Gasteiger partial charge on any atom is -0.373 e. The van der Waals surface area contributed by atoms with E-state index in [9.17, 15) is 0 Å². The number of aromatic nitrogens is 1. The molecule has 1 aliphatic rings. The van der Waals surface area contributed by atoms with Crippen LogP contribution in [0.4, 0.5) is 5.82 Å². The largest absolute Gasteiger partial charge is 0.373 e. The predicted octanol–water partition coefficient (Wildman–Crippen LogP) is 2.71. The number of nitrogens with one attached hydrogen (secondary N) is 1. The zero-order valence-electron chi connectivity index (χ0n) is 8.96. The second kappa shape index (κ2) is 3.99. The Bertz CT molecular complexity index is 354. The molecule has 0 saturated carbocycles. The van der Waals surface area contributed by atoms with Crippen molar-refractivity contribution in [2.45, 2.75) is 31.9 Å². The van der Waals surface area contributed by atoms with Crippen LogP contribution in [0.5, 0.6) is 0 Å². The van der Waals surface area contributed by atoms with Crippen LogP contribution >= 0.6 is 11.6 Å². The van der Waals surface area contributed by atoms with Crippen LogP contribution in [0.2, 0.25) is 5.15 Å². The molecule has 1 unspecified atom stereocenters. The van der Waals surface area contributed by atoms with Gasteiger partial charge in [0.15, 0.2) is 0 Å². The zero-order valence-corrected chi connectivity index (χ0v) is 9.71. The lowest BCUT2D eigenvalue weighted by molar-refractivity contribution is 0.0314. The van der Waals surface area contributed by atoms with Crippen LogP contribution in [0.1, 0.15) is 20.3 Å². The van der Waals surface area contributed by atoms with Crippen molar-refractivity contribution in [1.29, 1.82) is 0 Å². The molecular formula is C11H15ClN2O. The van der Waals surface area contributed by atoms with E-state index in [4.69, 9.17) is 16.3 Å². The Balaban J connectivity index is 2.09. The van der Waals surface area contributed by atoms with E-state index in [1.165, 1.54) is 0 Å². The van der Waals surface area contributed by atoms with Crippen molar-refractivity contribution in [2.75, 3.05) is 11.9 Å². The first-order chi connectivity index (χ1) is 7.08. The molecule has 2 rings (SSSR count). The van der Waals surface area contributed by atoms with Gasteiger partial charge >= 0.3 is 0 Å². The third-order valence-electron chi connectivity index (χ3n) is 2.76. The molecule has 1 fully saturated rings. The Hall–Kier alpha value is -0.800. The molecule has 1 aliphatic heterocycles. The minimum absolute atomic E-state index is 0.135. The molecular weight excluding hydrogens is 212 g/mol. The number of ether oxygens (including phenoxy) is 1. The molecule has 4 heteroatoms. The molecule has 1 atom stereocenters. The summed E-state index contributed by atoms with van der Waals surface area (Å²) in [5.74, 6) is 0.811. The standard InChI is InChI=1S/C11H15ClN2O/c1-11(2)8(6-7-15-11)13-10-5-3-4-9(12)14-10/h3-5,8H,6-7H2,1-2H3,(H,13,14). The lowest BCUT2D eigenvalue weighted by Gasteiger charge is -2.26. The molecule has 0 radical (unpaired) electrons. The van der Waals surface area contributed by atoms with Gasteiger partial charge in [0, 0.05) is 6.61 Å². The summed E-state index contributed by atoms with van der Waals surface area (Å²) in [4.78, 5) is 4.20. The second-order valence-corrected chi connectivity index (χ2v) is 4.67. The van der Waals surface area contributed by atoms with Gasteiger partial charge in [-0.05, 0) is 32.4 Å². The topological polar surface area (TPSA) is 34.1 Å². The van der Waals surface area contributed by atoms with Crippen molar-refractivity contribution in [3.05, 3.63) is 23.4 Å². The van der Waals surface area contributed by atoms with E-state index in [1.807, 2.05) is 12.1 Å². The highest BCUT2D eigenvalue weighted by Gasteiger charge is 2.35. The Morgan fingerprint density at radius 2 is 2.33 bits per heavy atom. The van der Waals surface area contributed by atoms with E-state index in [-0.39, 0.29) is 5.60 Å². The fourth-order valence-electron chi connectivity index (χ4n) is 1.80. The van der Waals surface area contributed by atoms with Crippen molar-refractivity contribution in [1.82, 2.24) is 4.98 Å². The SMILES string of the molecule is CC1(C)OCCC1Nc1cccc(Cl)n1. The van der Waals surface area contributed by atoms with Crippen molar-refractivity contribution in [3.8, 4) is 0 Å². The highest BCUT2D eigenvalue weighted by atomic mass is 35.5. The highest BCUT2D eigenvalue weighted by Crippen LogP contribution is 2.27. The van der Waals surface area contributed by atoms with Gasteiger partial charge in [-0.15, -0.1) is 0 Å². The number of hydrogen-bond acceptors (Lipinski definition) is 3. The number of pyridine rings is 1. The number of nitrogens with zero attached hydrogens (tertiary/aromatic N) is 1. The summed E-state index contributed by atoms with van der Waals surface area (Å²) in [6.45, 7) is 4.97. The third kappa shape index (κ3) is 2.41. The Labute approximate surface area is 94.8 Å². The summed E-state index contributed by atoms with van der Waals surface area (Å²) >= 11 is 5.82. The van der Waals surface area contributed by atoms with E-state index < -0.39 is 0 Å². The molecule has 0 amide bonds. The maximum absolute atomic E-state index is 5.82. The molecule has 0 bridgehead atoms. The minimum atomic E-state index is -0.135. The van der Waals surface area contributed by atoms with Crippen LogP contribution in [0.25, 0.3) is 0 Å². The summed E-state index contributed by atoms with van der Waals surface area (Å²) in [5, 5.41) is 3.86. The smallest absolute Gasteiger partial charge is 0.131 e. The molecule has 1 aromatic heterocycles. The summed E-state index contributed by atoms with van der Waals surface area (Å²) in [6.07, 6.45) is 1.00. The average molecular weight is 227 g/mol. The van der Waals surface area contributed by atoms with Gasteiger partial charge in [0.2, 0.25) is 0 Å². The number of hydrogen-bond donors (Lipinski definition) is 1. The molecule has 82 valence electrons. The fraction of sp³-hybridized carbons (Fsp3) is 0.545. The van der Waals surface area contributed by atoms with Crippen LogP contribution in [0.3, 0.4) is 0 Å². The van der Waals surface area contributed by atoms with Gasteiger partial charge < -0.3 is 10.1 Å². The third-order valence-corrected chi connectivity index (χ3v) is 2.97. The molecule has 1 saturated heterocycles. The molecule has 0 spiro atoms. The predicted molar refractivity (Wildman–Crippen MR) is 61.3 cm³/mol. The normalized spacial score (nSPS) is 24.1. The molecule has 1 N–H and O–H groups in total. The molecule has 0 aromatic carbocycles. The van der Waals surface area contributed by atoms with Gasteiger partial charge in [-0.2, -0.15) is 0 Å². The van der Waals surface area contributed by atoms with Crippen LogP contribution in [0, 0.1) is 0 Å². The Morgan fingerprint density at radius 3 is 2.93 bits per heavy atom. The first-order valence-corrected chi connectivity index (χ1v) is 5.49. The van der Waals surface area contributed by atoms with Crippen molar-refractivity contribution >= 4 is 17.4 Å². The quantitative estimate of drug-likeness (QED) is 0.788. The lowest BCUT2D eigenvalue weighted by atomic mass is 9.99. The van der Waals surface area contributed by atoms with Crippen molar-refractivity contribution < 1.29 is 4.74 Å². The second-order valence-electron chi connectivity index (χ2n) is 4.28. The number of anilines is 1. The summed E-state index contributed by atoms with van der Waals surface area (Å²) in [6, 6.07) is 5.87. The summed E-state index contributed by atoms with van der Waals surface area (Å²) in [5.41, 5.74) is -0.135. The van der Waals surface area contributed by atoms with Gasteiger partial charge in [0.05, 0.1) is 11.6 Å². The average Bonchev–Trinajstić information content (AvgIpc) is 2.46. The number of halogens is 1. The molecule has 2 heterocycles. The van der Waals surface area contributed by atoms with E-state index in [0.29, 0.717) is 11.2 Å². The van der Waals surface area contributed by atoms with Gasteiger partial charge in [-0.25, -0.2) is 4.98 Å². The summed E-state index contributed by atoms with van der Waals surface area (Å²) in [7, 11) is 0. The van der Waals surface area contributed by atoms with Crippen LogP contribution in [-0.2, 0) is 4.74 Å². The highest BCUT2D eigenvalue weighted by molar-refractivity contribution is 6.29. The van der Waals surface area contributed by atoms with E-state index >= 15 is 0 Å². The molecule has 0 aliphatic carbocycles. The van der Waals surface area contributed by atoms with E-state index in [0.717, 1.165) is 18.8 Å². The fourth-order valence-corrected chi connectivity index (χ4v) is 1.96. The maximum atomic E-state index is 5.82. The first kappa shape index (κ1) is 10.7. The van der Waals surface area contributed by atoms with Gasteiger partial charge in [-0.1, -0.05) is 17.7 Å². The number of rotatable bonds is 2. The first-order valence-electron chi connectivity index (χ1n) is 5.11. The summed E-state index contributed by atoms with van der Waals surface area (Å²) < 4.78 is 5.63. The monoisotopic (exact) mass is 226 g/mol. The van der Waals surface area contributed by atoms with Crippen molar-refractivity contribution in [2.24, 2.45) is 0 Å². The molecule has 15 heavy (non-hydrogen) atoms. The van der Waals surface area contributed by atoms with Crippen LogP contribution < -0.4 is 5.32 Å². The lowest BCUT2D eigenvalue weighted by Crippen LogP contribution is -2.38. The molecule has 1 aromatic rings. The maximum Gasteiger partial charge on any atom is 0.131 e. The van der Waals surface area contributed by atoms with E-state index in [1.54, 1.807) is 6.07 Å². The molecule has 3 nitrogen and oxygen atoms in total. The zero-order chi connectivity index (χ0) is 10.9. The van der Waals surface area contributed by atoms with Crippen LogP contribution in [-0.4, -0.2) is 23.2 Å². The Morgan fingerprint density at radius 1 is 1.53 bits per heavy atom. The van der Waals surface area contributed by atoms with Crippen LogP contribution in [0.15, 0.2) is 18.2 Å². The Kier molecular flexibility index (Phi) is 2.85. The van der Waals surface area contributed by atoms with E-state index in [2.05, 4.69) is 24.1 Å². The van der Waals surface area contributed by atoms with Gasteiger partial charge in [0.1, 0.15) is 11.0 Å². The van der Waals surface area contributed by atoms with Crippen molar-refractivity contribution in [3.63, 3.8) is 0 Å². The van der Waals surface area contributed by atoms with Gasteiger partial charge in [0.25, 0.3) is 0 Å². The van der Waals surface area contributed by atoms with Gasteiger partial charge in [-0.3, -0.25) is 0 Å².